The minimum Gasteiger partial charge on any atom is -0.481 e. The summed E-state index contributed by atoms with van der Waals surface area (Å²) in [6, 6.07) is 2.01. The number of hydrogen-bond acceptors (Lipinski definition) is 4. The number of carbonyl (C=O) groups is 1. The molecule has 1 saturated carbocycles. The summed E-state index contributed by atoms with van der Waals surface area (Å²) < 4.78 is 0. The number of aryl methyl sites for hydroxylation is 1. The summed E-state index contributed by atoms with van der Waals surface area (Å²) in [6.45, 7) is 1.91. The fraction of sp³-hybridized carbons (Fsp3) is 0.583. The Morgan fingerprint density at radius 1 is 1.53 bits per heavy atom. The van der Waals surface area contributed by atoms with E-state index in [-0.39, 0.29) is 12.0 Å². The van der Waals surface area contributed by atoms with Crippen LogP contribution in [-0.4, -0.2) is 27.1 Å². The Hall–Kier alpha value is -1.65. The fourth-order valence-corrected chi connectivity index (χ4v) is 2.25. The molecule has 2 atom stereocenters. The van der Waals surface area contributed by atoms with Crippen molar-refractivity contribution in [1.29, 1.82) is 0 Å². The van der Waals surface area contributed by atoms with Gasteiger partial charge in [0.05, 0.1) is 5.92 Å². The van der Waals surface area contributed by atoms with Crippen LogP contribution in [-0.2, 0) is 4.79 Å². The molecule has 0 radical (unpaired) electrons. The number of carboxylic acids is 1. The molecule has 0 bridgehead atoms. The highest BCUT2D eigenvalue weighted by Gasteiger charge is 2.27. The second-order valence-electron chi connectivity index (χ2n) is 4.56. The third-order valence-electron chi connectivity index (χ3n) is 3.15. The van der Waals surface area contributed by atoms with Gasteiger partial charge in [0.2, 0.25) is 5.95 Å². The number of hydrogen-bond donors (Lipinski definition) is 2. The van der Waals surface area contributed by atoms with Crippen LogP contribution in [0.25, 0.3) is 0 Å². The third-order valence-corrected chi connectivity index (χ3v) is 3.15. The van der Waals surface area contributed by atoms with E-state index in [4.69, 9.17) is 5.11 Å². The van der Waals surface area contributed by atoms with Crippen molar-refractivity contribution in [3.63, 3.8) is 0 Å². The summed E-state index contributed by atoms with van der Waals surface area (Å²) >= 11 is 0. The number of nitrogens with one attached hydrogen (secondary N) is 1. The van der Waals surface area contributed by atoms with Gasteiger partial charge in [-0.05, 0) is 32.3 Å². The van der Waals surface area contributed by atoms with Crippen LogP contribution >= 0.6 is 0 Å². The average Bonchev–Trinajstić information content (AvgIpc) is 2.29. The van der Waals surface area contributed by atoms with Crippen LogP contribution in [0.2, 0.25) is 0 Å². The number of aromatic nitrogens is 2. The molecular formula is C12H17N3O2. The zero-order valence-electron chi connectivity index (χ0n) is 9.89. The molecule has 0 aromatic carbocycles. The molecule has 1 aromatic rings. The Balaban J connectivity index is 1.97. The smallest absolute Gasteiger partial charge is 0.306 e. The monoisotopic (exact) mass is 235 g/mol. The van der Waals surface area contributed by atoms with Gasteiger partial charge in [-0.3, -0.25) is 4.79 Å². The zero-order chi connectivity index (χ0) is 12.3. The van der Waals surface area contributed by atoms with Gasteiger partial charge < -0.3 is 10.4 Å². The predicted molar refractivity (Wildman–Crippen MR) is 63.8 cm³/mol. The van der Waals surface area contributed by atoms with Crippen molar-refractivity contribution >= 4 is 11.9 Å². The van der Waals surface area contributed by atoms with Gasteiger partial charge in [-0.15, -0.1) is 0 Å². The van der Waals surface area contributed by atoms with E-state index in [0.29, 0.717) is 12.4 Å². The predicted octanol–water partition coefficient (Wildman–Crippen LogP) is 1.84. The summed E-state index contributed by atoms with van der Waals surface area (Å²) in [4.78, 5) is 19.3. The topological polar surface area (TPSA) is 75.1 Å². The first kappa shape index (κ1) is 11.8. The molecule has 0 saturated heterocycles. The number of nitrogens with zero attached hydrogens (tertiary/aromatic N) is 2. The van der Waals surface area contributed by atoms with E-state index in [1.54, 1.807) is 6.20 Å². The Morgan fingerprint density at radius 2 is 2.35 bits per heavy atom. The molecule has 5 nitrogen and oxygen atoms in total. The summed E-state index contributed by atoms with van der Waals surface area (Å²) in [5.74, 6) is -0.325. The molecule has 92 valence electrons. The van der Waals surface area contributed by atoms with Gasteiger partial charge in [0, 0.05) is 17.9 Å². The van der Waals surface area contributed by atoms with Crippen LogP contribution < -0.4 is 5.32 Å². The van der Waals surface area contributed by atoms with Crippen LogP contribution in [0.5, 0.6) is 0 Å². The molecular weight excluding hydrogens is 218 g/mol. The summed E-state index contributed by atoms with van der Waals surface area (Å²) in [5, 5.41) is 12.2. The quantitative estimate of drug-likeness (QED) is 0.836. The first-order chi connectivity index (χ1) is 8.15. The van der Waals surface area contributed by atoms with Crippen molar-refractivity contribution in [2.45, 2.75) is 38.6 Å². The molecule has 1 fully saturated rings. The van der Waals surface area contributed by atoms with Crippen molar-refractivity contribution in [3.8, 4) is 0 Å². The maximum absolute atomic E-state index is 10.9. The number of aliphatic carboxylic acids is 1. The standard InChI is InChI=1S/C12H17N3O2/c1-8-5-6-13-12(14-8)15-10-4-2-3-9(7-10)11(16)17/h5-6,9-10H,2-4,7H2,1H3,(H,16,17)(H,13,14,15). The van der Waals surface area contributed by atoms with Gasteiger partial charge in [0.15, 0.2) is 0 Å². The molecule has 2 rings (SSSR count). The van der Waals surface area contributed by atoms with E-state index in [2.05, 4.69) is 15.3 Å². The molecule has 1 aliphatic rings. The van der Waals surface area contributed by atoms with Crippen LogP contribution in [0.1, 0.15) is 31.4 Å². The molecule has 1 aromatic heterocycles. The van der Waals surface area contributed by atoms with Crippen molar-refractivity contribution in [2.24, 2.45) is 5.92 Å². The second-order valence-corrected chi connectivity index (χ2v) is 4.56. The van der Waals surface area contributed by atoms with E-state index in [1.807, 2.05) is 13.0 Å². The number of anilines is 1. The van der Waals surface area contributed by atoms with E-state index in [0.717, 1.165) is 25.0 Å². The molecule has 0 spiro atoms. The van der Waals surface area contributed by atoms with E-state index >= 15 is 0 Å². The van der Waals surface area contributed by atoms with Gasteiger partial charge in [-0.1, -0.05) is 6.42 Å². The summed E-state index contributed by atoms with van der Waals surface area (Å²) in [5.41, 5.74) is 0.910. The van der Waals surface area contributed by atoms with Crippen LogP contribution in [0.4, 0.5) is 5.95 Å². The van der Waals surface area contributed by atoms with Crippen molar-refractivity contribution < 1.29 is 9.90 Å². The highest BCUT2D eigenvalue weighted by atomic mass is 16.4. The molecule has 2 unspecified atom stereocenters. The Morgan fingerprint density at radius 3 is 3.06 bits per heavy atom. The summed E-state index contributed by atoms with van der Waals surface area (Å²) in [7, 11) is 0. The molecule has 17 heavy (non-hydrogen) atoms. The van der Waals surface area contributed by atoms with E-state index in [1.165, 1.54) is 0 Å². The van der Waals surface area contributed by atoms with E-state index in [9.17, 15) is 4.79 Å². The van der Waals surface area contributed by atoms with Gasteiger partial charge in [-0.25, -0.2) is 9.97 Å². The highest BCUT2D eigenvalue weighted by Crippen LogP contribution is 2.26. The lowest BCUT2D eigenvalue weighted by Gasteiger charge is -2.27. The van der Waals surface area contributed by atoms with E-state index < -0.39 is 5.97 Å². The minimum atomic E-state index is -0.693. The number of carboxylic acid groups (broad SMARTS) is 1. The highest BCUT2D eigenvalue weighted by molar-refractivity contribution is 5.70. The zero-order valence-corrected chi connectivity index (χ0v) is 9.89. The van der Waals surface area contributed by atoms with Gasteiger partial charge in [-0.2, -0.15) is 0 Å². The first-order valence-electron chi connectivity index (χ1n) is 5.94. The van der Waals surface area contributed by atoms with Crippen molar-refractivity contribution in [2.75, 3.05) is 5.32 Å². The molecule has 1 aliphatic carbocycles. The maximum atomic E-state index is 10.9. The third kappa shape index (κ3) is 3.15. The van der Waals surface area contributed by atoms with Crippen LogP contribution in [0.3, 0.4) is 0 Å². The van der Waals surface area contributed by atoms with Crippen molar-refractivity contribution in [1.82, 2.24) is 9.97 Å². The average molecular weight is 235 g/mol. The van der Waals surface area contributed by atoms with Gasteiger partial charge in [0.1, 0.15) is 0 Å². The normalized spacial score (nSPS) is 24.3. The van der Waals surface area contributed by atoms with Gasteiger partial charge in [0.25, 0.3) is 0 Å². The summed E-state index contributed by atoms with van der Waals surface area (Å²) in [6.07, 6.45) is 5.08. The lowest BCUT2D eigenvalue weighted by molar-refractivity contribution is -0.142. The molecule has 2 N–H and O–H groups in total. The lowest BCUT2D eigenvalue weighted by Crippen LogP contribution is -2.31. The second kappa shape index (κ2) is 5.12. The SMILES string of the molecule is Cc1ccnc(NC2CCCC(C(=O)O)C2)n1. The Labute approximate surface area is 100 Å². The Bertz CT molecular complexity index is 408. The number of rotatable bonds is 3. The molecule has 1 heterocycles. The minimum absolute atomic E-state index is 0.173. The van der Waals surface area contributed by atoms with Crippen LogP contribution in [0.15, 0.2) is 12.3 Å². The fourth-order valence-electron chi connectivity index (χ4n) is 2.25. The molecule has 0 aliphatic heterocycles. The largest absolute Gasteiger partial charge is 0.481 e. The van der Waals surface area contributed by atoms with Gasteiger partial charge >= 0.3 is 5.97 Å². The van der Waals surface area contributed by atoms with Crippen molar-refractivity contribution in [3.05, 3.63) is 18.0 Å². The molecule has 0 amide bonds. The lowest BCUT2D eigenvalue weighted by atomic mass is 9.86. The Kier molecular flexibility index (Phi) is 3.56. The molecule has 5 heteroatoms. The first-order valence-corrected chi connectivity index (χ1v) is 5.94. The maximum Gasteiger partial charge on any atom is 0.306 e. The van der Waals surface area contributed by atoms with Crippen LogP contribution in [0, 0.1) is 12.8 Å².